The zero-order valence-corrected chi connectivity index (χ0v) is 14.5. The van der Waals surface area contributed by atoms with Crippen LogP contribution in [0.25, 0.3) is 0 Å². The van der Waals surface area contributed by atoms with Crippen LogP contribution < -0.4 is 0 Å². The zero-order valence-electron chi connectivity index (χ0n) is 14.5. The molecule has 0 atom stereocenters. The van der Waals surface area contributed by atoms with Gasteiger partial charge in [0.25, 0.3) is 0 Å². The molecule has 2 rings (SSSR count). The first-order chi connectivity index (χ1) is 11.4. The summed E-state index contributed by atoms with van der Waals surface area (Å²) in [4.78, 5) is 45.2. The molecule has 0 saturated heterocycles. The lowest BCUT2D eigenvalue weighted by atomic mass is 10.2. The number of carbonyl (C=O) groups excluding carboxylic acids is 3. The van der Waals surface area contributed by atoms with E-state index in [1.165, 1.54) is 20.8 Å². The first-order valence-electron chi connectivity index (χ1n) is 8.08. The van der Waals surface area contributed by atoms with E-state index in [0.29, 0.717) is 39.3 Å². The highest BCUT2D eigenvalue weighted by molar-refractivity contribution is 5.75. The Morgan fingerprint density at radius 3 is 1.50 bits per heavy atom. The van der Waals surface area contributed by atoms with Crippen molar-refractivity contribution >= 4 is 17.7 Å². The molecule has 2 heterocycles. The maximum Gasteiger partial charge on any atom is 0.219 e. The molecule has 2 bridgehead atoms. The predicted molar refractivity (Wildman–Crippen MR) is 88.7 cm³/mol. The topological polar surface area (TPSA) is 73.8 Å². The summed E-state index contributed by atoms with van der Waals surface area (Å²) in [7, 11) is 0. The molecule has 0 spiro atoms. The third kappa shape index (κ3) is 4.78. The van der Waals surface area contributed by atoms with Gasteiger partial charge in [-0.3, -0.25) is 19.4 Å². The molecule has 0 radical (unpaired) electrons. The first-order valence-corrected chi connectivity index (χ1v) is 8.08. The SMILES string of the molecule is CC(=O)N1CCN(C(C)=O)Cc2cccc(n2)CN(C(C)=O)CC1. The molecule has 3 amide bonds. The first kappa shape index (κ1) is 17.9. The molecule has 0 aliphatic carbocycles. The Labute approximate surface area is 142 Å². The van der Waals surface area contributed by atoms with Gasteiger partial charge in [0.2, 0.25) is 17.7 Å². The molecule has 0 N–H and O–H groups in total. The van der Waals surface area contributed by atoms with Crippen LogP contribution in [-0.4, -0.2) is 63.6 Å². The number of rotatable bonds is 0. The van der Waals surface area contributed by atoms with Crippen LogP contribution in [0.15, 0.2) is 18.2 Å². The zero-order chi connectivity index (χ0) is 17.7. The lowest BCUT2D eigenvalue weighted by molar-refractivity contribution is -0.134. The fourth-order valence-corrected chi connectivity index (χ4v) is 2.70. The fraction of sp³-hybridized carbons (Fsp3) is 0.529. The monoisotopic (exact) mass is 332 g/mol. The predicted octanol–water partition coefficient (Wildman–Crippen LogP) is 0.641. The highest BCUT2D eigenvalue weighted by atomic mass is 16.2. The summed E-state index contributed by atoms with van der Waals surface area (Å²) in [5.74, 6) is -0.156. The molecule has 1 aromatic heterocycles. The molecule has 0 fully saturated rings. The number of nitrogens with zero attached hydrogens (tertiary/aromatic N) is 4. The van der Waals surface area contributed by atoms with Crippen LogP contribution in [0.5, 0.6) is 0 Å². The van der Waals surface area contributed by atoms with Crippen molar-refractivity contribution in [3.05, 3.63) is 29.6 Å². The number of aromatic nitrogens is 1. The van der Waals surface area contributed by atoms with Crippen LogP contribution in [0.2, 0.25) is 0 Å². The molecule has 0 saturated carbocycles. The van der Waals surface area contributed by atoms with Crippen molar-refractivity contribution < 1.29 is 14.4 Å². The Kier molecular flexibility index (Phi) is 5.89. The lowest BCUT2D eigenvalue weighted by Crippen LogP contribution is -2.44. The van der Waals surface area contributed by atoms with Crippen LogP contribution in [0.4, 0.5) is 0 Å². The van der Waals surface area contributed by atoms with Crippen molar-refractivity contribution in [2.24, 2.45) is 0 Å². The van der Waals surface area contributed by atoms with Crippen molar-refractivity contribution in [2.75, 3.05) is 26.2 Å². The van der Waals surface area contributed by atoms with Crippen LogP contribution >= 0.6 is 0 Å². The second kappa shape index (κ2) is 7.90. The Morgan fingerprint density at radius 1 is 0.750 bits per heavy atom. The molecule has 130 valence electrons. The van der Waals surface area contributed by atoms with E-state index < -0.39 is 0 Å². The number of fused-ring (bicyclic) bond motifs is 2. The highest BCUT2D eigenvalue weighted by Crippen LogP contribution is 2.09. The van der Waals surface area contributed by atoms with Crippen LogP contribution in [0.3, 0.4) is 0 Å². The minimum absolute atomic E-state index is 0.0480. The molecule has 1 aliphatic rings. The quantitative estimate of drug-likeness (QED) is 0.699. The van der Waals surface area contributed by atoms with E-state index in [0.717, 1.165) is 11.4 Å². The van der Waals surface area contributed by atoms with Gasteiger partial charge in [0.05, 0.1) is 24.5 Å². The van der Waals surface area contributed by atoms with Gasteiger partial charge in [-0.1, -0.05) is 6.07 Å². The summed E-state index contributed by atoms with van der Waals surface area (Å²) < 4.78 is 0. The van der Waals surface area contributed by atoms with Gasteiger partial charge in [0.1, 0.15) is 0 Å². The Morgan fingerprint density at radius 2 is 1.12 bits per heavy atom. The van der Waals surface area contributed by atoms with E-state index >= 15 is 0 Å². The fourth-order valence-electron chi connectivity index (χ4n) is 2.70. The molecule has 1 aromatic rings. The van der Waals surface area contributed by atoms with Gasteiger partial charge in [0.15, 0.2) is 0 Å². The molecule has 24 heavy (non-hydrogen) atoms. The Hall–Kier alpha value is -2.44. The van der Waals surface area contributed by atoms with E-state index in [1.54, 1.807) is 14.7 Å². The maximum absolute atomic E-state index is 11.9. The molecular weight excluding hydrogens is 308 g/mol. The molecule has 7 nitrogen and oxygen atoms in total. The highest BCUT2D eigenvalue weighted by Gasteiger charge is 2.18. The number of carbonyl (C=O) groups is 3. The summed E-state index contributed by atoms with van der Waals surface area (Å²) in [6, 6.07) is 5.63. The molecule has 7 heteroatoms. The van der Waals surface area contributed by atoms with Crippen molar-refractivity contribution in [3.63, 3.8) is 0 Å². The summed E-state index contributed by atoms with van der Waals surface area (Å²) in [6.45, 7) is 7.12. The van der Waals surface area contributed by atoms with E-state index in [4.69, 9.17) is 0 Å². The lowest BCUT2D eigenvalue weighted by Gasteiger charge is -2.30. The average molecular weight is 332 g/mol. The van der Waals surface area contributed by atoms with Gasteiger partial charge < -0.3 is 14.7 Å². The van der Waals surface area contributed by atoms with Gasteiger partial charge >= 0.3 is 0 Å². The largest absolute Gasteiger partial charge is 0.339 e. The number of amides is 3. The molecule has 1 aliphatic heterocycles. The normalized spacial score (nSPS) is 16.2. The van der Waals surface area contributed by atoms with E-state index in [2.05, 4.69) is 4.98 Å². The standard InChI is InChI=1S/C17H24N4O3/c1-13(22)19-7-9-20(14(2)23)11-16-5-4-6-17(18-16)12-21(10-8-19)15(3)24/h4-6H,7-12H2,1-3H3. The van der Waals surface area contributed by atoms with Crippen LogP contribution in [0, 0.1) is 0 Å². The molecular formula is C17H24N4O3. The smallest absolute Gasteiger partial charge is 0.219 e. The number of hydrogen-bond acceptors (Lipinski definition) is 4. The molecule has 0 unspecified atom stereocenters. The Bertz CT molecular complexity index is 589. The number of hydrogen-bond donors (Lipinski definition) is 0. The molecule has 0 aromatic carbocycles. The summed E-state index contributed by atoms with van der Waals surface area (Å²) >= 11 is 0. The van der Waals surface area contributed by atoms with Crippen LogP contribution in [0.1, 0.15) is 32.2 Å². The van der Waals surface area contributed by atoms with Crippen molar-refractivity contribution in [2.45, 2.75) is 33.9 Å². The van der Waals surface area contributed by atoms with E-state index in [-0.39, 0.29) is 17.7 Å². The van der Waals surface area contributed by atoms with Gasteiger partial charge in [-0.25, -0.2) is 0 Å². The second-order valence-electron chi connectivity index (χ2n) is 6.01. The van der Waals surface area contributed by atoms with E-state index in [9.17, 15) is 14.4 Å². The van der Waals surface area contributed by atoms with Gasteiger partial charge in [-0.05, 0) is 12.1 Å². The third-order valence-electron chi connectivity index (χ3n) is 4.19. The Balaban J connectivity index is 2.30. The van der Waals surface area contributed by atoms with Crippen molar-refractivity contribution in [1.82, 2.24) is 19.7 Å². The number of pyridine rings is 1. The third-order valence-corrected chi connectivity index (χ3v) is 4.19. The van der Waals surface area contributed by atoms with Crippen molar-refractivity contribution in [3.8, 4) is 0 Å². The minimum Gasteiger partial charge on any atom is -0.339 e. The second-order valence-corrected chi connectivity index (χ2v) is 6.01. The minimum atomic E-state index is -0.0595. The summed E-state index contributed by atoms with van der Waals surface area (Å²) in [5, 5.41) is 0. The summed E-state index contributed by atoms with van der Waals surface area (Å²) in [5.41, 5.74) is 1.56. The van der Waals surface area contributed by atoms with E-state index in [1.807, 2.05) is 18.2 Å². The van der Waals surface area contributed by atoms with Gasteiger partial charge in [-0.15, -0.1) is 0 Å². The van der Waals surface area contributed by atoms with Gasteiger partial charge in [0, 0.05) is 47.0 Å². The van der Waals surface area contributed by atoms with Crippen molar-refractivity contribution in [1.29, 1.82) is 0 Å². The average Bonchev–Trinajstić information content (AvgIpc) is 2.50. The maximum atomic E-state index is 11.9. The summed E-state index contributed by atoms with van der Waals surface area (Å²) in [6.07, 6.45) is 0. The van der Waals surface area contributed by atoms with Crippen LogP contribution in [-0.2, 0) is 27.5 Å². The van der Waals surface area contributed by atoms with Gasteiger partial charge in [-0.2, -0.15) is 0 Å².